The summed E-state index contributed by atoms with van der Waals surface area (Å²) in [5.41, 5.74) is 5.80. The second-order valence-corrected chi connectivity index (χ2v) is 18.1. The predicted molar refractivity (Wildman–Crippen MR) is 268 cm³/mol. The molecule has 0 unspecified atom stereocenters. The molecule has 0 amide bonds. The van der Waals surface area contributed by atoms with Crippen molar-refractivity contribution in [1.82, 2.24) is 0 Å². The number of benzene rings is 2. The molecule has 0 atom stereocenters. The maximum atomic E-state index is 5.04. The third kappa shape index (κ3) is 32.9. The largest absolute Gasteiger partial charge is 0.255 e. The van der Waals surface area contributed by atoms with Crippen LogP contribution in [0.15, 0.2) is 70.7 Å². The van der Waals surface area contributed by atoms with Crippen molar-refractivity contribution >= 4 is 23.3 Å². The molecule has 0 heterocycles. The first-order chi connectivity index (χ1) is 29.2. The van der Waals surface area contributed by atoms with Gasteiger partial charge < -0.3 is 0 Å². The summed E-state index contributed by atoms with van der Waals surface area (Å²) in [6.45, 7) is 6.89. The maximum absolute atomic E-state index is 5.04. The second kappa shape index (κ2) is 40.9. The molecule has 2 heteroatoms. The number of aliphatic imine (C=N–C) groups is 2. The van der Waals surface area contributed by atoms with Gasteiger partial charge in [0.2, 0.25) is 0 Å². The van der Waals surface area contributed by atoms with Gasteiger partial charge in [-0.25, -0.2) is 4.99 Å². The van der Waals surface area contributed by atoms with Crippen LogP contribution in [0.3, 0.4) is 0 Å². The molecule has 2 aromatic carbocycles. The van der Waals surface area contributed by atoms with E-state index in [2.05, 4.69) is 81.5 Å². The predicted octanol–water partition coefficient (Wildman–Crippen LogP) is 19.9. The molecule has 0 aromatic heterocycles. The highest BCUT2D eigenvalue weighted by Gasteiger charge is 2.01. The van der Waals surface area contributed by atoms with E-state index in [4.69, 9.17) is 9.98 Å². The van der Waals surface area contributed by atoms with Gasteiger partial charge in [-0.3, -0.25) is 4.99 Å². The van der Waals surface area contributed by atoms with Gasteiger partial charge in [-0.2, -0.15) is 0 Å². The lowest BCUT2D eigenvalue weighted by Gasteiger charge is -2.05. The number of rotatable bonds is 42. The van der Waals surface area contributed by atoms with Crippen molar-refractivity contribution in [3.63, 3.8) is 0 Å². The molecule has 334 valence electrons. The molecule has 0 spiro atoms. The van der Waals surface area contributed by atoms with Crippen molar-refractivity contribution in [2.24, 2.45) is 9.98 Å². The number of hydrogen-bond donors (Lipinski definition) is 0. The molecular weight excluding hydrogens is 713 g/mol. The van der Waals surface area contributed by atoms with Gasteiger partial charge in [0, 0.05) is 0 Å². The summed E-state index contributed by atoms with van der Waals surface area (Å²) in [6, 6.07) is 17.9. The standard InChI is InChI=1S/C57H96N2/c1-4-7-10-13-16-18-20-22-24-26-28-30-33-35-38-41-53-44-48-55(49-45-53)58-52-57(43-40-37-32-15-12-9-6-3)59-56-50-46-54(47-51-56)42-39-36-34-31-29-27-25-23-21-19-17-14-11-8-5-2/h40,43-52H,4-39,41-42H2,1-3H3/b43-40+,58-52?,59-57?. The fourth-order valence-corrected chi connectivity index (χ4v) is 8.36. The first-order valence-corrected chi connectivity index (χ1v) is 26.2. The Balaban J connectivity index is 1.69. The highest BCUT2D eigenvalue weighted by atomic mass is 14.8. The van der Waals surface area contributed by atoms with Crippen molar-refractivity contribution < 1.29 is 0 Å². The molecule has 0 aliphatic rings. The molecule has 0 aliphatic heterocycles. The van der Waals surface area contributed by atoms with E-state index in [9.17, 15) is 0 Å². The van der Waals surface area contributed by atoms with E-state index in [0.29, 0.717) is 0 Å². The first kappa shape index (κ1) is 52.7. The van der Waals surface area contributed by atoms with Gasteiger partial charge in [0.05, 0.1) is 23.3 Å². The normalized spacial score (nSPS) is 12.2. The Kier molecular flexibility index (Phi) is 36.5. The summed E-state index contributed by atoms with van der Waals surface area (Å²) in [7, 11) is 0. The summed E-state index contributed by atoms with van der Waals surface area (Å²) in [5, 5.41) is 0. The Morgan fingerprint density at radius 2 is 0.661 bits per heavy atom. The molecule has 0 saturated heterocycles. The van der Waals surface area contributed by atoms with Crippen LogP contribution in [0.4, 0.5) is 11.4 Å². The van der Waals surface area contributed by atoms with Crippen LogP contribution in [0.1, 0.15) is 263 Å². The summed E-state index contributed by atoms with van der Waals surface area (Å²) in [6.07, 6.45) is 58.9. The van der Waals surface area contributed by atoms with E-state index in [0.717, 1.165) is 23.5 Å². The Morgan fingerprint density at radius 3 is 1.02 bits per heavy atom. The molecule has 2 rings (SSSR count). The smallest absolute Gasteiger partial charge is 0.0816 e. The third-order valence-electron chi connectivity index (χ3n) is 12.4. The number of aryl methyl sites for hydroxylation is 2. The Labute approximate surface area is 368 Å². The zero-order valence-electron chi connectivity index (χ0n) is 39.6. The fourth-order valence-electron chi connectivity index (χ4n) is 8.36. The van der Waals surface area contributed by atoms with E-state index < -0.39 is 0 Å². The van der Waals surface area contributed by atoms with Crippen molar-refractivity contribution in [3.05, 3.63) is 71.8 Å². The lowest BCUT2D eigenvalue weighted by Crippen LogP contribution is -1.95. The SMILES string of the molecule is CCCCCCC/C=C/C(C=Nc1ccc(CCCCCCCCCCCCCCCCC)cc1)=Nc1ccc(CCCCCCCCCCCCCCCCC)cc1. The molecule has 0 aliphatic carbocycles. The van der Waals surface area contributed by atoms with Gasteiger partial charge >= 0.3 is 0 Å². The van der Waals surface area contributed by atoms with Crippen LogP contribution in [-0.4, -0.2) is 11.9 Å². The Bertz CT molecular complexity index is 1250. The topological polar surface area (TPSA) is 24.7 Å². The summed E-state index contributed by atoms with van der Waals surface area (Å²) < 4.78 is 0. The third-order valence-corrected chi connectivity index (χ3v) is 12.4. The van der Waals surface area contributed by atoms with Gasteiger partial charge in [-0.05, 0) is 80.0 Å². The molecule has 0 radical (unpaired) electrons. The summed E-state index contributed by atoms with van der Waals surface area (Å²) in [5.74, 6) is 0. The number of allylic oxidation sites excluding steroid dienone is 2. The van der Waals surface area contributed by atoms with Gasteiger partial charge in [0.15, 0.2) is 0 Å². The van der Waals surface area contributed by atoms with Crippen molar-refractivity contribution in [3.8, 4) is 0 Å². The van der Waals surface area contributed by atoms with Gasteiger partial charge in [0.1, 0.15) is 0 Å². The quantitative estimate of drug-likeness (QED) is 0.0471. The summed E-state index contributed by atoms with van der Waals surface area (Å²) in [4.78, 5) is 9.92. The Morgan fingerprint density at radius 1 is 0.356 bits per heavy atom. The molecular formula is C57H96N2. The van der Waals surface area contributed by atoms with Crippen LogP contribution in [0.5, 0.6) is 0 Å². The average molecular weight is 809 g/mol. The monoisotopic (exact) mass is 809 g/mol. The molecule has 0 bridgehead atoms. The second-order valence-electron chi connectivity index (χ2n) is 18.1. The highest BCUT2D eigenvalue weighted by molar-refractivity contribution is 6.36. The van der Waals surface area contributed by atoms with Gasteiger partial charge in [0.25, 0.3) is 0 Å². The van der Waals surface area contributed by atoms with Crippen LogP contribution in [-0.2, 0) is 12.8 Å². The highest BCUT2D eigenvalue weighted by Crippen LogP contribution is 2.20. The van der Waals surface area contributed by atoms with Crippen LogP contribution in [0.25, 0.3) is 0 Å². The Hall–Kier alpha value is -2.48. The van der Waals surface area contributed by atoms with E-state index in [-0.39, 0.29) is 0 Å². The maximum Gasteiger partial charge on any atom is 0.0816 e. The van der Waals surface area contributed by atoms with Crippen LogP contribution < -0.4 is 0 Å². The minimum absolute atomic E-state index is 0.926. The van der Waals surface area contributed by atoms with Gasteiger partial charge in [-0.1, -0.05) is 257 Å². The number of nitrogens with zero attached hydrogens (tertiary/aromatic N) is 2. The molecule has 0 saturated carbocycles. The van der Waals surface area contributed by atoms with E-state index in [1.807, 2.05) is 6.21 Å². The van der Waals surface area contributed by atoms with Crippen LogP contribution >= 0.6 is 0 Å². The van der Waals surface area contributed by atoms with Crippen molar-refractivity contribution in [2.75, 3.05) is 0 Å². The first-order valence-electron chi connectivity index (χ1n) is 26.2. The lowest BCUT2D eigenvalue weighted by atomic mass is 10.0. The van der Waals surface area contributed by atoms with Crippen LogP contribution in [0, 0.1) is 0 Å². The summed E-state index contributed by atoms with van der Waals surface area (Å²) >= 11 is 0. The lowest BCUT2D eigenvalue weighted by molar-refractivity contribution is 0.532. The number of hydrogen-bond acceptors (Lipinski definition) is 2. The molecule has 0 fully saturated rings. The minimum atomic E-state index is 0.926. The number of unbranched alkanes of at least 4 members (excludes halogenated alkanes) is 33. The zero-order chi connectivity index (χ0) is 41.9. The van der Waals surface area contributed by atoms with Crippen LogP contribution in [0.2, 0.25) is 0 Å². The van der Waals surface area contributed by atoms with E-state index >= 15 is 0 Å². The minimum Gasteiger partial charge on any atom is -0.255 e. The van der Waals surface area contributed by atoms with E-state index in [1.54, 1.807) is 0 Å². The molecule has 59 heavy (non-hydrogen) atoms. The zero-order valence-corrected chi connectivity index (χ0v) is 39.6. The average Bonchev–Trinajstić information content (AvgIpc) is 3.26. The fraction of sp³-hybridized carbons (Fsp3) is 0.719. The van der Waals surface area contributed by atoms with E-state index in [1.165, 1.54) is 249 Å². The molecule has 2 nitrogen and oxygen atoms in total. The van der Waals surface area contributed by atoms with Crippen molar-refractivity contribution in [1.29, 1.82) is 0 Å². The van der Waals surface area contributed by atoms with Crippen molar-refractivity contribution in [2.45, 2.75) is 265 Å². The molecule has 0 N–H and O–H groups in total. The van der Waals surface area contributed by atoms with Gasteiger partial charge in [-0.15, -0.1) is 0 Å². The molecule has 2 aromatic rings.